The molecule has 0 saturated heterocycles. The molecule has 0 amide bonds. The smallest absolute Gasteiger partial charge is 0.402 e. The van der Waals surface area contributed by atoms with Crippen LogP contribution in [0.3, 0.4) is 0 Å². The number of aliphatic carboxylic acids is 1. The average molecular weight is 322 g/mol. The van der Waals surface area contributed by atoms with Crippen LogP contribution in [0.5, 0.6) is 0 Å². The van der Waals surface area contributed by atoms with Crippen LogP contribution in [0.15, 0.2) is 0 Å². The van der Waals surface area contributed by atoms with Crippen LogP contribution >= 0.6 is 0 Å². The molecule has 0 aliphatic carbocycles. The van der Waals surface area contributed by atoms with Crippen molar-refractivity contribution in [1.29, 1.82) is 0 Å². The number of carbonyl (C=O) groups is 2. The quantitative estimate of drug-likeness (QED) is 0.512. The van der Waals surface area contributed by atoms with Crippen molar-refractivity contribution in [3.05, 3.63) is 0 Å². The number of methoxy groups -OCH3 is 1. The summed E-state index contributed by atoms with van der Waals surface area (Å²) in [6, 6.07) is -1.75. The predicted octanol–water partition coefficient (Wildman–Crippen LogP) is -0.621. The first-order valence-electron chi connectivity index (χ1n) is 5.10. The van der Waals surface area contributed by atoms with Crippen molar-refractivity contribution in [2.75, 3.05) is 13.7 Å². The molecule has 0 aromatic heterocycles. The van der Waals surface area contributed by atoms with E-state index < -0.39 is 53.8 Å². The third-order valence-corrected chi connectivity index (χ3v) is 3.04. The zero-order chi connectivity index (χ0) is 16.0. The van der Waals surface area contributed by atoms with Gasteiger partial charge in [0.2, 0.25) is 0 Å². The fourth-order valence-corrected chi connectivity index (χ4v) is 2.03. The Bertz CT molecular complexity index is 450. The van der Waals surface area contributed by atoms with Gasteiger partial charge >= 0.3 is 18.1 Å². The number of hydrogen-bond donors (Lipinski definition) is 3. The Labute approximate surface area is 112 Å². The summed E-state index contributed by atoms with van der Waals surface area (Å²) in [6.07, 6.45) is -5.65. The SMILES string of the molecule is COC(=O)CC[C@H](NS(=O)(=O)NCC(F)(F)F)C(=O)O. The molecule has 0 fully saturated rings. The van der Waals surface area contributed by atoms with E-state index in [0.29, 0.717) is 0 Å². The van der Waals surface area contributed by atoms with Crippen LogP contribution in [0.2, 0.25) is 0 Å². The minimum Gasteiger partial charge on any atom is -0.480 e. The topological polar surface area (TPSA) is 122 Å². The molecule has 0 heterocycles. The van der Waals surface area contributed by atoms with Gasteiger partial charge in [0.15, 0.2) is 0 Å². The molecule has 8 nitrogen and oxygen atoms in total. The summed E-state index contributed by atoms with van der Waals surface area (Å²) in [7, 11) is -3.62. The molecular weight excluding hydrogens is 309 g/mol. The Balaban J connectivity index is 4.57. The maximum Gasteiger partial charge on any atom is 0.402 e. The molecule has 3 N–H and O–H groups in total. The van der Waals surface area contributed by atoms with Crippen LogP contribution in [0.1, 0.15) is 12.8 Å². The lowest BCUT2D eigenvalue weighted by Crippen LogP contribution is -2.48. The van der Waals surface area contributed by atoms with Crippen LogP contribution in [0, 0.1) is 0 Å². The highest BCUT2D eigenvalue weighted by molar-refractivity contribution is 7.87. The van der Waals surface area contributed by atoms with E-state index in [1.54, 1.807) is 0 Å². The van der Waals surface area contributed by atoms with E-state index in [2.05, 4.69) is 4.74 Å². The fourth-order valence-electron chi connectivity index (χ4n) is 1.00. The second kappa shape index (κ2) is 7.40. The number of ether oxygens (including phenoxy) is 1. The van der Waals surface area contributed by atoms with Gasteiger partial charge in [0, 0.05) is 6.42 Å². The number of carboxylic acids is 1. The molecular formula is C8H13F3N2O6S. The third-order valence-electron chi connectivity index (χ3n) is 1.92. The number of halogens is 3. The van der Waals surface area contributed by atoms with Crippen molar-refractivity contribution >= 4 is 22.1 Å². The van der Waals surface area contributed by atoms with E-state index >= 15 is 0 Å². The van der Waals surface area contributed by atoms with Crippen LogP contribution in [0.4, 0.5) is 13.2 Å². The Morgan fingerprint density at radius 2 is 1.90 bits per heavy atom. The number of alkyl halides is 3. The molecule has 118 valence electrons. The lowest BCUT2D eigenvalue weighted by atomic mass is 10.2. The van der Waals surface area contributed by atoms with E-state index in [9.17, 15) is 31.2 Å². The highest BCUT2D eigenvalue weighted by Crippen LogP contribution is 2.12. The Kier molecular flexibility index (Phi) is 6.88. The van der Waals surface area contributed by atoms with Crippen molar-refractivity contribution in [2.24, 2.45) is 0 Å². The maximum absolute atomic E-state index is 11.8. The molecule has 0 saturated carbocycles. The van der Waals surface area contributed by atoms with Crippen molar-refractivity contribution in [3.8, 4) is 0 Å². The van der Waals surface area contributed by atoms with E-state index in [-0.39, 0.29) is 0 Å². The molecule has 0 spiro atoms. The van der Waals surface area contributed by atoms with Gasteiger partial charge in [0.25, 0.3) is 10.2 Å². The highest BCUT2D eigenvalue weighted by atomic mass is 32.2. The van der Waals surface area contributed by atoms with Crippen LogP contribution in [-0.2, 0) is 24.5 Å². The molecule has 0 aromatic rings. The van der Waals surface area contributed by atoms with E-state index in [1.807, 2.05) is 0 Å². The first kappa shape index (κ1) is 18.6. The minimum absolute atomic E-state index is 0.407. The number of rotatable bonds is 8. The number of esters is 1. The van der Waals surface area contributed by atoms with Gasteiger partial charge in [-0.2, -0.15) is 31.0 Å². The lowest BCUT2D eigenvalue weighted by Gasteiger charge is -2.15. The Hall–Kier alpha value is -1.40. The second-order valence-corrected chi connectivity index (χ2v) is 5.09. The summed E-state index contributed by atoms with van der Waals surface area (Å²) in [5.41, 5.74) is 0. The van der Waals surface area contributed by atoms with Crippen molar-refractivity contribution in [3.63, 3.8) is 0 Å². The lowest BCUT2D eigenvalue weighted by molar-refractivity contribution is -0.142. The summed E-state index contributed by atoms with van der Waals surface area (Å²) in [6.45, 7) is -1.84. The van der Waals surface area contributed by atoms with Gasteiger partial charge in [0.05, 0.1) is 7.11 Å². The van der Waals surface area contributed by atoms with E-state index in [1.165, 1.54) is 4.72 Å². The van der Waals surface area contributed by atoms with Gasteiger partial charge < -0.3 is 9.84 Å². The molecule has 0 bridgehead atoms. The minimum atomic E-state index is -4.78. The zero-order valence-electron chi connectivity index (χ0n) is 10.2. The fraction of sp³-hybridized carbons (Fsp3) is 0.750. The largest absolute Gasteiger partial charge is 0.480 e. The molecule has 0 aliphatic heterocycles. The third kappa shape index (κ3) is 8.66. The second-order valence-electron chi connectivity index (χ2n) is 3.56. The number of hydrogen-bond acceptors (Lipinski definition) is 5. The van der Waals surface area contributed by atoms with Gasteiger partial charge in [-0.05, 0) is 6.42 Å². The molecule has 0 aliphatic rings. The first-order valence-corrected chi connectivity index (χ1v) is 6.58. The molecule has 0 radical (unpaired) electrons. The number of carbonyl (C=O) groups excluding carboxylic acids is 1. The van der Waals surface area contributed by atoms with Crippen LogP contribution in [0.25, 0.3) is 0 Å². The summed E-state index contributed by atoms with van der Waals surface area (Å²) < 4.78 is 64.8. The summed E-state index contributed by atoms with van der Waals surface area (Å²) in [5.74, 6) is -2.41. The standard InChI is InChI=1S/C8H13F3N2O6S/c1-19-6(14)3-2-5(7(15)16)13-20(17,18)12-4-8(9,10)11/h5,12-13H,2-4H2,1H3,(H,15,16)/t5-/m0/s1. The van der Waals surface area contributed by atoms with Gasteiger partial charge in [0.1, 0.15) is 12.6 Å². The molecule has 12 heteroatoms. The van der Waals surface area contributed by atoms with Gasteiger partial charge in [-0.3, -0.25) is 9.59 Å². The summed E-state index contributed by atoms with van der Waals surface area (Å²) >= 11 is 0. The molecule has 0 unspecified atom stereocenters. The summed E-state index contributed by atoms with van der Waals surface area (Å²) in [5, 5.41) is 8.72. The van der Waals surface area contributed by atoms with Crippen LogP contribution in [-0.4, -0.2) is 51.3 Å². The van der Waals surface area contributed by atoms with Gasteiger partial charge in [-0.25, -0.2) is 0 Å². The highest BCUT2D eigenvalue weighted by Gasteiger charge is 2.31. The van der Waals surface area contributed by atoms with Crippen LogP contribution < -0.4 is 9.44 Å². The molecule has 0 aromatic carbocycles. The first-order chi connectivity index (χ1) is 8.97. The monoisotopic (exact) mass is 322 g/mol. The van der Waals surface area contributed by atoms with Gasteiger partial charge in [-0.15, -0.1) is 0 Å². The normalized spacial score (nSPS) is 13.8. The molecule has 20 heavy (non-hydrogen) atoms. The molecule has 0 rings (SSSR count). The zero-order valence-corrected chi connectivity index (χ0v) is 11.0. The van der Waals surface area contributed by atoms with E-state index in [4.69, 9.17) is 5.11 Å². The molecule has 1 atom stereocenters. The van der Waals surface area contributed by atoms with Gasteiger partial charge in [-0.1, -0.05) is 0 Å². The Morgan fingerprint density at radius 3 is 2.30 bits per heavy atom. The van der Waals surface area contributed by atoms with Crippen molar-refractivity contribution < 1.29 is 41.0 Å². The van der Waals surface area contributed by atoms with Crippen molar-refractivity contribution in [1.82, 2.24) is 9.44 Å². The number of nitrogens with one attached hydrogen (secondary N) is 2. The van der Waals surface area contributed by atoms with E-state index in [0.717, 1.165) is 11.8 Å². The number of carboxylic acid groups (broad SMARTS) is 1. The average Bonchev–Trinajstić information content (AvgIpc) is 2.30. The predicted molar refractivity (Wildman–Crippen MR) is 58.8 cm³/mol. The maximum atomic E-state index is 11.8. The van der Waals surface area contributed by atoms with Crippen molar-refractivity contribution in [2.45, 2.75) is 25.1 Å². The Morgan fingerprint density at radius 1 is 1.35 bits per heavy atom. The summed E-state index contributed by atoms with van der Waals surface area (Å²) in [4.78, 5) is 21.6.